The number of anilines is 1. The largest absolute Gasteiger partial charge is 0.447 e. The fourth-order valence-electron chi connectivity index (χ4n) is 3.42. The molecule has 0 unspecified atom stereocenters. The van der Waals surface area contributed by atoms with Gasteiger partial charge in [-0.25, -0.2) is 18.0 Å². The second-order valence-electron chi connectivity index (χ2n) is 8.09. The lowest BCUT2D eigenvalue weighted by atomic mass is 10.1. The minimum absolute atomic E-state index is 0. The second-order valence-corrected chi connectivity index (χ2v) is 8.46. The summed E-state index contributed by atoms with van der Waals surface area (Å²) in [6.07, 6.45) is -3.31. The lowest BCUT2D eigenvalue weighted by Crippen LogP contribution is -2.47. The quantitative estimate of drug-likeness (QED) is 0.301. The van der Waals surface area contributed by atoms with E-state index in [4.69, 9.17) is 20.9 Å². The summed E-state index contributed by atoms with van der Waals surface area (Å²) in [5.41, 5.74) is 1.76. The van der Waals surface area contributed by atoms with Gasteiger partial charge in [0.15, 0.2) is 0 Å². The molecule has 0 aliphatic heterocycles. The van der Waals surface area contributed by atoms with Crippen LogP contribution in [0.2, 0.25) is 5.02 Å². The molecule has 8 nitrogen and oxygen atoms in total. The molecule has 2 aromatic carbocycles. The highest BCUT2D eigenvalue weighted by Gasteiger charge is 2.23. The molecule has 0 radical (unpaired) electrons. The number of nitrogens with one attached hydrogen (secondary N) is 2. The van der Waals surface area contributed by atoms with Gasteiger partial charge in [-0.2, -0.15) is 0 Å². The highest BCUT2D eigenvalue weighted by molar-refractivity contribution is 6.31. The number of aryl methyl sites for hydroxylation is 1. The molecule has 1 heterocycles. The summed E-state index contributed by atoms with van der Waals surface area (Å²) < 4.78 is 49.2. The van der Waals surface area contributed by atoms with Crippen LogP contribution in [0.1, 0.15) is 19.4 Å². The average Bonchev–Trinajstić information content (AvgIpc) is 3.35. The zero-order valence-electron chi connectivity index (χ0n) is 19.9. The number of benzene rings is 2. The van der Waals surface area contributed by atoms with E-state index in [0.29, 0.717) is 11.3 Å². The number of carbonyl (C=O) groups is 2. The van der Waals surface area contributed by atoms with Gasteiger partial charge < -0.3 is 19.5 Å². The van der Waals surface area contributed by atoms with Crippen molar-refractivity contribution in [3.8, 4) is 11.3 Å². The molecule has 1 aromatic heterocycles. The average molecular weight is 555 g/mol. The fraction of sp³-hybridized carbons (Fsp3) is 0.346. The number of nitrogens with zero attached hydrogens (tertiary/aromatic N) is 2. The van der Waals surface area contributed by atoms with Crippen LogP contribution in [0.4, 0.5) is 23.8 Å². The molecule has 206 valence electrons. The smallest absolute Gasteiger partial charge is 0.414 e. The van der Waals surface area contributed by atoms with Gasteiger partial charge in [-0.05, 0) is 18.1 Å². The van der Waals surface area contributed by atoms with E-state index in [1.54, 1.807) is 6.07 Å². The van der Waals surface area contributed by atoms with E-state index in [0.717, 1.165) is 5.56 Å². The number of halogens is 4. The highest BCUT2D eigenvalue weighted by atomic mass is 35.5. The lowest BCUT2D eigenvalue weighted by molar-refractivity contribution is -0.132. The van der Waals surface area contributed by atoms with Crippen molar-refractivity contribution in [2.75, 3.05) is 32.1 Å². The Bertz CT molecular complexity index is 1180. The zero-order valence-corrected chi connectivity index (χ0v) is 20.7. The standard InChI is InChI=1S/C25H26ClF3N4O4.CH4/c1-33(23(34)11-10-17-8-5-9-19(27)24(17)26)18(13-30-14-21(28)29)15-36-25(35)31-22-12-20(32-37-22)16-6-3-2-4-7-16;/h2-9,12,18,21,30H,10-11,13-15H2,1H3,(H,31,35);1H4/t18-;/m0./s1. The maximum atomic E-state index is 13.7. The van der Waals surface area contributed by atoms with Crippen molar-refractivity contribution in [3.63, 3.8) is 0 Å². The predicted molar refractivity (Wildman–Crippen MR) is 139 cm³/mol. The van der Waals surface area contributed by atoms with Gasteiger partial charge in [0.1, 0.15) is 18.1 Å². The van der Waals surface area contributed by atoms with Crippen LogP contribution in [0.25, 0.3) is 11.3 Å². The van der Waals surface area contributed by atoms with Gasteiger partial charge in [-0.15, -0.1) is 0 Å². The molecule has 0 saturated carbocycles. The molecule has 0 aliphatic rings. The van der Waals surface area contributed by atoms with E-state index in [-0.39, 0.29) is 50.2 Å². The minimum atomic E-state index is -2.59. The Hall–Kier alpha value is -3.57. The Morgan fingerprint density at radius 3 is 2.58 bits per heavy atom. The van der Waals surface area contributed by atoms with Crippen molar-refractivity contribution < 1.29 is 32.0 Å². The van der Waals surface area contributed by atoms with Crippen LogP contribution in [0.3, 0.4) is 0 Å². The predicted octanol–water partition coefficient (Wildman–Crippen LogP) is 5.63. The van der Waals surface area contributed by atoms with Crippen molar-refractivity contribution in [2.24, 2.45) is 0 Å². The Morgan fingerprint density at radius 1 is 1.13 bits per heavy atom. The number of likely N-dealkylation sites (N-methyl/N-ethyl adjacent to an activating group) is 1. The molecular formula is C26H30ClF3N4O4. The van der Waals surface area contributed by atoms with Crippen LogP contribution in [0.5, 0.6) is 0 Å². The van der Waals surface area contributed by atoms with Crippen LogP contribution >= 0.6 is 11.6 Å². The van der Waals surface area contributed by atoms with Gasteiger partial charge in [-0.1, -0.05) is 66.6 Å². The van der Waals surface area contributed by atoms with E-state index >= 15 is 0 Å². The molecule has 12 heteroatoms. The number of carbonyl (C=O) groups excluding carboxylic acids is 2. The molecule has 3 rings (SSSR count). The number of amides is 2. The highest BCUT2D eigenvalue weighted by Crippen LogP contribution is 2.22. The van der Waals surface area contributed by atoms with Crippen molar-refractivity contribution in [1.82, 2.24) is 15.4 Å². The maximum Gasteiger partial charge on any atom is 0.414 e. The van der Waals surface area contributed by atoms with Crippen LogP contribution in [-0.4, -0.2) is 61.3 Å². The normalized spacial score (nSPS) is 11.5. The number of ether oxygens (including phenoxy) is 1. The SMILES string of the molecule is C.CN(C(=O)CCc1cccc(F)c1Cl)[C@@H](CNCC(F)F)COC(=O)Nc1cc(-c2ccccc2)no1. The molecule has 2 N–H and O–H groups in total. The number of aromatic nitrogens is 1. The van der Waals surface area contributed by atoms with E-state index in [9.17, 15) is 22.8 Å². The van der Waals surface area contributed by atoms with Gasteiger partial charge in [-0.3, -0.25) is 10.1 Å². The van der Waals surface area contributed by atoms with Crippen LogP contribution in [0.15, 0.2) is 59.1 Å². The number of alkyl halides is 2. The third-order valence-corrected chi connectivity index (χ3v) is 5.89. The topological polar surface area (TPSA) is 96.7 Å². The number of rotatable bonds is 12. The van der Waals surface area contributed by atoms with Gasteiger partial charge in [0, 0.05) is 31.6 Å². The summed E-state index contributed by atoms with van der Waals surface area (Å²) in [6, 6.07) is 14.3. The first kappa shape index (κ1) is 30.7. The summed E-state index contributed by atoms with van der Waals surface area (Å²) in [4.78, 5) is 26.4. The molecule has 0 bridgehead atoms. The first-order valence-electron chi connectivity index (χ1n) is 11.4. The molecule has 3 aromatic rings. The third kappa shape index (κ3) is 9.07. The Morgan fingerprint density at radius 2 is 1.87 bits per heavy atom. The van der Waals surface area contributed by atoms with Gasteiger partial charge >= 0.3 is 6.09 Å². The van der Waals surface area contributed by atoms with Crippen LogP contribution in [-0.2, 0) is 16.0 Å². The summed E-state index contributed by atoms with van der Waals surface area (Å²) in [7, 11) is 1.47. The monoisotopic (exact) mass is 554 g/mol. The molecule has 1 atom stereocenters. The summed E-state index contributed by atoms with van der Waals surface area (Å²) in [5.74, 6) is -0.903. The second kappa shape index (κ2) is 15.0. The zero-order chi connectivity index (χ0) is 26.8. The molecule has 0 fully saturated rings. The molecule has 0 aliphatic carbocycles. The van der Waals surface area contributed by atoms with Crippen molar-refractivity contribution in [2.45, 2.75) is 32.7 Å². The van der Waals surface area contributed by atoms with E-state index in [1.165, 1.54) is 30.1 Å². The van der Waals surface area contributed by atoms with Gasteiger partial charge in [0.05, 0.1) is 17.6 Å². The van der Waals surface area contributed by atoms with Gasteiger partial charge in [0.2, 0.25) is 11.8 Å². The van der Waals surface area contributed by atoms with Gasteiger partial charge in [0.25, 0.3) is 6.43 Å². The molecule has 2 amide bonds. The summed E-state index contributed by atoms with van der Waals surface area (Å²) in [5, 5.41) is 8.78. The maximum absolute atomic E-state index is 13.7. The van der Waals surface area contributed by atoms with E-state index in [1.807, 2.05) is 30.3 Å². The molecule has 0 saturated heterocycles. The van der Waals surface area contributed by atoms with Crippen LogP contribution < -0.4 is 10.6 Å². The van der Waals surface area contributed by atoms with E-state index < -0.39 is 30.9 Å². The minimum Gasteiger partial charge on any atom is -0.447 e. The molecular weight excluding hydrogens is 525 g/mol. The lowest BCUT2D eigenvalue weighted by Gasteiger charge is -2.28. The molecule has 0 spiro atoms. The molecule has 38 heavy (non-hydrogen) atoms. The van der Waals surface area contributed by atoms with E-state index in [2.05, 4.69) is 15.8 Å². The number of hydrogen-bond donors (Lipinski definition) is 2. The third-order valence-electron chi connectivity index (χ3n) is 5.47. The number of hydrogen-bond acceptors (Lipinski definition) is 6. The summed E-state index contributed by atoms with van der Waals surface area (Å²) >= 11 is 5.95. The van der Waals surface area contributed by atoms with Crippen molar-refractivity contribution in [3.05, 3.63) is 71.0 Å². The first-order valence-corrected chi connectivity index (χ1v) is 11.8. The Kier molecular flexibility index (Phi) is 12.1. The summed E-state index contributed by atoms with van der Waals surface area (Å²) in [6.45, 7) is -0.935. The first-order chi connectivity index (χ1) is 17.7. The Balaban J connectivity index is 0.00000507. The van der Waals surface area contributed by atoms with Crippen molar-refractivity contribution >= 4 is 29.5 Å². The van der Waals surface area contributed by atoms with Crippen molar-refractivity contribution in [1.29, 1.82) is 0 Å². The van der Waals surface area contributed by atoms with Crippen LogP contribution in [0, 0.1) is 5.82 Å². The fourth-order valence-corrected chi connectivity index (χ4v) is 3.64. The Labute approximate surface area is 224 Å².